The van der Waals surface area contributed by atoms with Crippen molar-refractivity contribution in [2.45, 2.75) is 34.9 Å². The fourth-order valence-corrected chi connectivity index (χ4v) is 4.01. The molecule has 150 valence electrons. The molecule has 0 spiro atoms. The molecule has 2 unspecified atom stereocenters. The summed E-state index contributed by atoms with van der Waals surface area (Å²) in [6, 6.07) is 18.0. The molecule has 2 aliphatic heterocycles. The van der Waals surface area contributed by atoms with Crippen molar-refractivity contribution in [1.82, 2.24) is 0 Å². The van der Waals surface area contributed by atoms with Crippen LogP contribution in [0.4, 0.5) is 0 Å². The highest BCUT2D eigenvalue weighted by atomic mass is 35.5. The van der Waals surface area contributed by atoms with Crippen LogP contribution in [0.2, 0.25) is 0 Å². The predicted molar refractivity (Wildman–Crippen MR) is 102 cm³/mol. The predicted octanol–water partition coefficient (Wildman–Crippen LogP) is 2.64. The summed E-state index contributed by atoms with van der Waals surface area (Å²) in [4.78, 5) is 0. The fraction of sp³-hybridized carbons (Fsp3) is 0.400. The van der Waals surface area contributed by atoms with E-state index in [0.717, 1.165) is 0 Å². The van der Waals surface area contributed by atoms with E-state index in [1.54, 1.807) is 36.4 Å². The van der Waals surface area contributed by atoms with E-state index in [4.69, 9.17) is 42.1 Å². The Morgan fingerprint density at radius 2 is 1.46 bits per heavy atom. The molecule has 4 rings (SSSR count). The van der Waals surface area contributed by atoms with Crippen LogP contribution in [-0.4, -0.2) is 47.8 Å². The lowest BCUT2D eigenvalue weighted by Crippen LogP contribution is -2.45. The molecule has 2 aromatic carbocycles. The van der Waals surface area contributed by atoms with Crippen molar-refractivity contribution in [3.63, 3.8) is 0 Å². The van der Waals surface area contributed by atoms with E-state index in [1.807, 2.05) is 24.3 Å². The SMILES string of the molecule is OC[C@@H](O)[C@@H]1OC(Cl)(c2ccccc2)O[C@H]1[C@@H]1COC(Cl)(c2ccccc2)O1. The lowest BCUT2D eigenvalue weighted by molar-refractivity contribution is -0.146. The first-order valence-corrected chi connectivity index (χ1v) is 9.66. The van der Waals surface area contributed by atoms with E-state index in [9.17, 15) is 10.2 Å². The molecule has 2 aliphatic rings. The number of rotatable bonds is 5. The van der Waals surface area contributed by atoms with Crippen LogP contribution in [0, 0.1) is 0 Å². The third kappa shape index (κ3) is 3.67. The summed E-state index contributed by atoms with van der Waals surface area (Å²) < 4.78 is 23.5. The normalized spacial score (nSPS) is 36.5. The van der Waals surface area contributed by atoms with Crippen molar-refractivity contribution in [2.75, 3.05) is 13.2 Å². The summed E-state index contributed by atoms with van der Waals surface area (Å²) in [6.07, 6.45) is -3.65. The maximum absolute atomic E-state index is 10.3. The average molecular weight is 427 g/mol. The van der Waals surface area contributed by atoms with Crippen molar-refractivity contribution in [2.24, 2.45) is 0 Å². The second-order valence-electron chi connectivity index (χ2n) is 6.69. The van der Waals surface area contributed by atoms with Crippen LogP contribution in [0.1, 0.15) is 11.1 Å². The Morgan fingerprint density at radius 3 is 2.04 bits per heavy atom. The molecule has 2 N–H and O–H groups in total. The molecule has 6 nitrogen and oxygen atoms in total. The fourth-order valence-electron chi connectivity index (χ4n) is 3.38. The van der Waals surface area contributed by atoms with Gasteiger partial charge < -0.3 is 29.2 Å². The highest BCUT2D eigenvalue weighted by molar-refractivity contribution is 6.22. The van der Waals surface area contributed by atoms with Gasteiger partial charge in [-0.1, -0.05) is 83.9 Å². The number of benzene rings is 2. The van der Waals surface area contributed by atoms with Crippen molar-refractivity contribution in [3.05, 3.63) is 71.8 Å². The minimum atomic E-state index is -1.62. The monoisotopic (exact) mass is 426 g/mol. The average Bonchev–Trinajstić information content (AvgIpc) is 3.31. The maximum Gasteiger partial charge on any atom is 0.277 e. The minimum Gasteiger partial charge on any atom is -0.394 e. The maximum atomic E-state index is 10.3. The molecule has 0 saturated carbocycles. The summed E-state index contributed by atoms with van der Waals surface area (Å²) in [7, 11) is 0. The van der Waals surface area contributed by atoms with Crippen LogP contribution in [-0.2, 0) is 29.4 Å². The number of hydrogen-bond acceptors (Lipinski definition) is 6. The summed E-state index contributed by atoms with van der Waals surface area (Å²) >= 11 is 13.1. The van der Waals surface area contributed by atoms with Crippen LogP contribution in [0.15, 0.2) is 60.7 Å². The van der Waals surface area contributed by atoms with Gasteiger partial charge in [-0.15, -0.1) is 0 Å². The van der Waals surface area contributed by atoms with Gasteiger partial charge in [0.15, 0.2) is 0 Å². The molecule has 0 aromatic heterocycles. The van der Waals surface area contributed by atoms with Gasteiger partial charge in [0.1, 0.15) is 24.4 Å². The lowest BCUT2D eigenvalue weighted by Gasteiger charge is -2.26. The number of aliphatic hydroxyl groups excluding tert-OH is 2. The molecule has 6 atom stereocenters. The van der Waals surface area contributed by atoms with Gasteiger partial charge in [-0.05, 0) is 0 Å². The first-order chi connectivity index (χ1) is 13.5. The first-order valence-electron chi connectivity index (χ1n) is 8.90. The van der Waals surface area contributed by atoms with Gasteiger partial charge in [0.25, 0.3) is 10.5 Å². The van der Waals surface area contributed by atoms with E-state index in [2.05, 4.69) is 0 Å². The molecule has 0 aliphatic carbocycles. The summed E-state index contributed by atoms with van der Waals surface area (Å²) in [5.74, 6) is 0. The molecule has 8 heteroatoms. The number of ether oxygens (including phenoxy) is 4. The van der Waals surface area contributed by atoms with Gasteiger partial charge in [-0.3, -0.25) is 0 Å². The minimum absolute atomic E-state index is 0.100. The van der Waals surface area contributed by atoms with Crippen molar-refractivity contribution >= 4 is 23.2 Å². The number of alkyl halides is 2. The van der Waals surface area contributed by atoms with Gasteiger partial charge in [-0.2, -0.15) is 0 Å². The molecule has 0 amide bonds. The van der Waals surface area contributed by atoms with Gasteiger partial charge in [0.05, 0.1) is 13.2 Å². The highest BCUT2D eigenvalue weighted by Crippen LogP contribution is 2.47. The number of hydrogen-bond donors (Lipinski definition) is 2. The molecule has 2 aromatic rings. The second kappa shape index (κ2) is 7.89. The van der Waals surface area contributed by atoms with E-state index >= 15 is 0 Å². The van der Waals surface area contributed by atoms with E-state index in [-0.39, 0.29) is 6.61 Å². The molecule has 0 radical (unpaired) electrons. The summed E-state index contributed by atoms with van der Waals surface area (Å²) in [5, 5.41) is 16.6. The van der Waals surface area contributed by atoms with Crippen molar-refractivity contribution in [3.8, 4) is 0 Å². The zero-order valence-corrected chi connectivity index (χ0v) is 16.3. The van der Waals surface area contributed by atoms with Crippen LogP contribution in [0.5, 0.6) is 0 Å². The van der Waals surface area contributed by atoms with E-state index < -0.39 is 41.5 Å². The van der Waals surface area contributed by atoms with E-state index in [0.29, 0.717) is 11.1 Å². The Labute approximate surface area is 172 Å². The molecular formula is C20H20Cl2O6. The third-order valence-corrected chi connectivity index (χ3v) is 5.62. The summed E-state index contributed by atoms with van der Waals surface area (Å²) in [6.45, 7) is -0.423. The van der Waals surface area contributed by atoms with Gasteiger partial charge in [0.2, 0.25) is 0 Å². The molecule has 2 fully saturated rings. The molecular weight excluding hydrogens is 407 g/mol. The van der Waals surface area contributed by atoms with Gasteiger partial charge in [-0.25, -0.2) is 0 Å². The van der Waals surface area contributed by atoms with Crippen molar-refractivity contribution in [1.29, 1.82) is 0 Å². The Bertz CT molecular complexity index is 794. The Hall–Kier alpha value is -1.22. The van der Waals surface area contributed by atoms with Crippen LogP contribution in [0.25, 0.3) is 0 Å². The lowest BCUT2D eigenvalue weighted by atomic mass is 10.0. The first kappa shape index (κ1) is 20.1. The smallest absolute Gasteiger partial charge is 0.277 e. The summed E-state index contributed by atoms with van der Waals surface area (Å²) in [5.41, 5.74) is 1.20. The zero-order chi connectivity index (χ0) is 19.8. The van der Waals surface area contributed by atoms with Gasteiger partial charge in [0, 0.05) is 11.1 Å². The molecule has 2 heterocycles. The molecule has 0 bridgehead atoms. The Kier molecular flexibility index (Phi) is 5.66. The Morgan fingerprint density at radius 1 is 0.893 bits per heavy atom. The van der Waals surface area contributed by atoms with Crippen molar-refractivity contribution < 1.29 is 29.2 Å². The quantitative estimate of drug-likeness (QED) is 0.715. The standard InChI is InChI=1S/C20H20Cl2O6/c21-19(13-7-3-1-4-8-13)25-12-16(26-19)18-17(15(24)11-23)27-20(22,28-18)14-9-5-2-6-10-14/h1-10,15-18,23-24H,11-12H2/t15-,16+,17+,18+,19?,20?/m1/s1. The Balaban J connectivity index is 1.59. The van der Waals surface area contributed by atoms with Crippen LogP contribution >= 0.6 is 23.2 Å². The second-order valence-corrected chi connectivity index (χ2v) is 7.68. The topological polar surface area (TPSA) is 77.4 Å². The van der Waals surface area contributed by atoms with Crippen LogP contribution in [0.3, 0.4) is 0 Å². The number of halogens is 2. The molecule has 28 heavy (non-hydrogen) atoms. The largest absolute Gasteiger partial charge is 0.394 e. The zero-order valence-electron chi connectivity index (χ0n) is 14.8. The highest BCUT2D eigenvalue weighted by Gasteiger charge is 2.57. The van der Waals surface area contributed by atoms with E-state index in [1.165, 1.54) is 0 Å². The third-order valence-electron chi connectivity index (χ3n) is 4.81. The van der Waals surface area contributed by atoms with Crippen LogP contribution < -0.4 is 0 Å². The van der Waals surface area contributed by atoms with Gasteiger partial charge >= 0.3 is 0 Å². The number of aliphatic hydroxyl groups is 2. The molecule has 2 saturated heterocycles.